The number of carbonyl (C=O) groups is 2. The number of halogens is 1. The first kappa shape index (κ1) is 14.0. The molecule has 0 aliphatic heterocycles. The van der Waals surface area contributed by atoms with E-state index in [0.717, 1.165) is 0 Å². The molecule has 98 valence electrons. The molecule has 1 aromatic carbocycles. The highest BCUT2D eigenvalue weighted by Gasteiger charge is 2.20. The van der Waals surface area contributed by atoms with E-state index in [4.69, 9.17) is 9.84 Å². The number of hydrogen-bond acceptors (Lipinski definition) is 3. The molecule has 0 fully saturated rings. The molecule has 0 heterocycles. The van der Waals surface area contributed by atoms with E-state index >= 15 is 0 Å². The van der Waals surface area contributed by atoms with E-state index in [1.807, 2.05) is 0 Å². The zero-order valence-corrected chi connectivity index (χ0v) is 10.1. The van der Waals surface area contributed by atoms with E-state index in [2.05, 4.69) is 5.32 Å². The van der Waals surface area contributed by atoms with Crippen LogP contribution < -0.4 is 10.1 Å². The summed E-state index contributed by atoms with van der Waals surface area (Å²) in [6.07, 6.45) is 0. The molecule has 2 N–H and O–H groups in total. The van der Waals surface area contributed by atoms with Crippen molar-refractivity contribution in [2.24, 2.45) is 0 Å². The van der Waals surface area contributed by atoms with Crippen LogP contribution in [0.15, 0.2) is 18.2 Å². The molecule has 0 aromatic heterocycles. The van der Waals surface area contributed by atoms with E-state index in [0.29, 0.717) is 0 Å². The number of carbonyl (C=O) groups excluding carboxylic acids is 1. The third kappa shape index (κ3) is 3.19. The van der Waals surface area contributed by atoms with Crippen LogP contribution in [0.4, 0.5) is 4.39 Å². The van der Waals surface area contributed by atoms with Crippen LogP contribution in [0.2, 0.25) is 0 Å². The van der Waals surface area contributed by atoms with Gasteiger partial charge in [-0.15, -0.1) is 0 Å². The third-order valence-corrected chi connectivity index (χ3v) is 2.22. The number of carboxylic acid groups (broad SMARTS) is 1. The van der Waals surface area contributed by atoms with Crippen LogP contribution in [-0.2, 0) is 4.79 Å². The molecule has 0 saturated carbocycles. The minimum Gasteiger partial charge on any atom is -0.490 e. The Labute approximate surface area is 104 Å². The van der Waals surface area contributed by atoms with E-state index in [9.17, 15) is 14.0 Å². The van der Waals surface area contributed by atoms with Crippen LogP contribution in [0.1, 0.15) is 24.2 Å². The van der Waals surface area contributed by atoms with Crippen molar-refractivity contribution in [3.8, 4) is 5.75 Å². The summed E-state index contributed by atoms with van der Waals surface area (Å²) in [5.74, 6) is -2.69. The van der Waals surface area contributed by atoms with Gasteiger partial charge in [0.1, 0.15) is 6.04 Å². The van der Waals surface area contributed by atoms with Gasteiger partial charge in [-0.2, -0.15) is 0 Å². The van der Waals surface area contributed by atoms with Crippen molar-refractivity contribution in [2.45, 2.75) is 19.9 Å². The molecule has 18 heavy (non-hydrogen) atoms. The SMILES string of the molecule is CCOc1c(F)cccc1C(=O)N[C@@H](C)C(=O)O. The number of aliphatic carboxylic acids is 1. The Morgan fingerprint density at radius 3 is 2.72 bits per heavy atom. The fourth-order valence-electron chi connectivity index (χ4n) is 1.31. The number of rotatable bonds is 5. The molecule has 6 heteroatoms. The standard InChI is InChI=1S/C12H14FNO4/c1-3-18-10-8(5-4-6-9(10)13)11(15)14-7(2)12(16)17/h4-7H,3H2,1-2H3,(H,14,15)(H,16,17)/t7-/m0/s1. The lowest BCUT2D eigenvalue weighted by Crippen LogP contribution is -2.38. The minimum atomic E-state index is -1.17. The fraction of sp³-hybridized carbons (Fsp3) is 0.333. The summed E-state index contributed by atoms with van der Waals surface area (Å²) in [5.41, 5.74) is -0.0232. The Kier molecular flexibility index (Phi) is 4.65. The van der Waals surface area contributed by atoms with E-state index < -0.39 is 23.7 Å². The largest absolute Gasteiger partial charge is 0.490 e. The van der Waals surface area contributed by atoms with E-state index in [1.165, 1.54) is 25.1 Å². The molecule has 0 spiro atoms. The zero-order valence-electron chi connectivity index (χ0n) is 10.1. The topological polar surface area (TPSA) is 75.6 Å². The second-order valence-electron chi connectivity index (χ2n) is 3.58. The van der Waals surface area contributed by atoms with Gasteiger partial charge < -0.3 is 15.2 Å². The fourth-order valence-corrected chi connectivity index (χ4v) is 1.31. The molecule has 0 aliphatic carbocycles. The van der Waals surface area contributed by atoms with Crippen molar-refractivity contribution < 1.29 is 23.8 Å². The second-order valence-corrected chi connectivity index (χ2v) is 3.58. The molecule has 0 radical (unpaired) electrons. The summed E-state index contributed by atoms with van der Waals surface area (Å²) in [4.78, 5) is 22.4. The first-order valence-electron chi connectivity index (χ1n) is 5.42. The van der Waals surface area contributed by atoms with Gasteiger partial charge in [0.2, 0.25) is 0 Å². The van der Waals surface area contributed by atoms with Gasteiger partial charge in [0.25, 0.3) is 5.91 Å². The molecular formula is C12H14FNO4. The first-order chi connectivity index (χ1) is 8.47. The molecule has 0 unspecified atom stereocenters. The maximum atomic E-state index is 13.5. The third-order valence-electron chi connectivity index (χ3n) is 2.22. The van der Waals surface area contributed by atoms with Crippen molar-refractivity contribution in [3.05, 3.63) is 29.6 Å². The average Bonchev–Trinajstić information content (AvgIpc) is 2.31. The smallest absolute Gasteiger partial charge is 0.325 e. The highest BCUT2D eigenvalue weighted by Crippen LogP contribution is 2.22. The molecule has 5 nitrogen and oxygen atoms in total. The van der Waals surface area contributed by atoms with Crippen molar-refractivity contribution in [3.63, 3.8) is 0 Å². The van der Waals surface area contributed by atoms with Crippen LogP contribution in [0.25, 0.3) is 0 Å². The molecule has 1 aromatic rings. The molecule has 0 saturated heterocycles. The molecule has 0 bridgehead atoms. The highest BCUT2D eigenvalue weighted by molar-refractivity contribution is 5.98. The normalized spacial score (nSPS) is 11.7. The Bertz CT molecular complexity index is 461. The molecular weight excluding hydrogens is 241 g/mol. The monoisotopic (exact) mass is 255 g/mol. The first-order valence-corrected chi connectivity index (χ1v) is 5.42. The number of nitrogens with one attached hydrogen (secondary N) is 1. The van der Waals surface area contributed by atoms with Crippen molar-refractivity contribution in [1.82, 2.24) is 5.32 Å². The maximum Gasteiger partial charge on any atom is 0.325 e. The van der Waals surface area contributed by atoms with Gasteiger partial charge in [0.05, 0.1) is 12.2 Å². The second kappa shape index (κ2) is 6.00. The van der Waals surface area contributed by atoms with Crippen LogP contribution in [0.5, 0.6) is 5.75 Å². The van der Waals surface area contributed by atoms with E-state index in [-0.39, 0.29) is 17.9 Å². The number of amides is 1. The molecule has 1 atom stereocenters. The number of ether oxygens (including phenoxy) is 1. The zero-order chi connectivity index (χ0) is 13.7. The Morgan fingerprint density at radius 1 is 1.50 bits per heavy atom. The number of carboxylic acids is 1. The van der Waals surface area contributed by atoms with Gasteiger partial charge in [-0.25, -0.2) is 4.39 Å². The van der Waals surface area contributed by atoms with Crippen molar-refractivity contribution in [1.29, 1.82) is 0 Å². The minimum absolute atomic E-state index is 0.0232. The van der Waals surface area contributed by atoms with Gasteiger partial charge in [-0.05, 0) is 26.0 Å². The van der Waals surface area contributed by atoms with Gasteiger partial charge in [0, 0.05) is 0 Å². The molecule has 1 amide bonds. The lowest BCUT2D eigenvalue weighted by atomic mass is 10.1. The van der Waals surface area contributed by atoms with Gasteiger partial charge in [-0.3, -0.25) is 9.59 Å². The summed E-state index contributed by atoms with van der Waals surface area (Å²) in [6.45, 7) is 3.18. The molecule has 0 aliphatic rings. The van der Waals surface area contributed by atoms with Crippen molar-refractivity contribution in [2.75, 3.05) is 6.61 Å². The quantitative estimate of drug-likeness (QED) is 0.834. The Hall–Kier alpha value is -2.11. The summed E-state index contributed by atoms with van der Waals surface area (Å²) >= 11 is 0. The lowest BCUT2D eigenvalue weighted by Gasteiger charge is -2.13. The van der Waals surface area contributed by atoms with Crippen molar-refractivity contribution >= 4 is 11.9 Å². The predicted octanol–water partition coefficient (Wildman–Crippen LogP) is 1.43. The Morgan fingerprint density at radius 2 is 2.17 bits per heavy atom. The summed E-state index contributed by atoms with van der Waals surface area (Å²) in [6, 6.07) is 2.84. The van der Waals surface area contributed by atoms with Crippen LogP contribution in [-0.4, -0.2) is 29.6 Å². The van der Waals surface area contributed by atoms with E-state index in [1.54, 1.807) is 6.92 Å². The maximum absolute atomic E-state index is 13.5. The van der Waals surface area contributed by atoms with Gasteiger partial charge >= 0.3 is 5.97 Å². The molecule has 1 rings (SSSR count). The van der Waals surface area contributed by atoms with Gasteiger partial charge in [-0.1, -0.05) is 6.07 Å². The number of para-hydroxylation sites is 1. The number of benzene rings is 1. The predicted molar refractivity (Wildman–Crippen MR) is 62.1 cm³/mol. The van der Waals surface area contributed by atoms with Crippen LogP contribution >= 0.6 is 0 Å². The number of hydrogen-bond donors (Lipinski definition) is 2. The van der Waals surface area contributed by atoms with Crippen LogP contribution in [0, 0.1) is 5.82 Å². The summed E-state index contributed by atoms with van der Waals surface area (Å²) in [5, 5.41) is 10.9. The summed E-state index contributed by atoms with van der Waals surface area (Å²) in [7, 11) is 0. The average molecular weight is 255 g/mol. The van der Waals surface area contributed by atoms with Crippen LogP contribution in [0.3, 0.4) is 0 Å². The summed E-state index contributed by atoms with van der Waals surface area (Å²) < 4.78 is 18.5. The lowest BCUT2D eigenvalue weighted by molar-refractivity contribution is -0.138. The highest BCUT2D eigenvalue weighted by atomic mass is 19.1. The van der Waals surface area contributed by atoms with Gasteiger partial charge in [0.15, 0.2) is 11.6 Å². The Balaban J connectivity index is 2.98.